The van der Waals surface area contributed by atoms with Crippen LogP contribution in [-0.4, -0.2) is 14.8 Å². The van der Waals surface area contributed by atoms with Gasteiger partial charge in [0.15, 0.2) is 5.40 Å². The van der Waals surface area contributed by atoms with Crippen LogP contribution in [0.25, 0.3) is 0 Å². The largest absolute Gasteiger partial charge is 0.573 e. The van der Waals surface area contributed by atoms with Crippen molar-refractivity contribution in [1.29, 1.82) is 5.26 Å². The zero-order valence-electron chi connectivity index (χ0n) is 8.43. The third-order valence-corrected chi connectivity index (χ3v) is 3.76. The number of thiocyanates is 1. The smallest absolute Gasteiger partial charge is 0.406 e. The minimum absolute atomic E-state index is 0.278. The van der Waals surface area contributed by atoms with E-state index in [4.69, 9.17) is 5.26 Å². The highest BCUT2D eigenvalue weighted by Crippen LogP contribution is 2.24. The first-order chi connectivity index (χ1) is 8.24. The molecule has 1 aromatic rings. The van der Waals surface area contributed by atoms with Crippen molar-refractivity contribution < 1.29 is 26.3 Å². The van der Waals surface area contributed by atoms with Crippen LogP contribution in [0.15, 0.2) is 29.2 Å². The van der Waals surface area contributed by atoms with Crippen molar-refractivity contribution in [2.45, 2.75) is 11.3 Å². The Labute approximate surface area is 105 Å². The van der Waals surface area contributed by atoms with Gasteiger partial charge in [0.05, 0.1) is 16.8 Å². The van der Waals surface area contributed by atoms with E-state index < -0.39 is 22.1 Å². The van der Waals surface area contributed by atoms with E-state index in [9.17, 15) is 21.6 Å². The summed E-state index contributed by atoms with van der Waals surface area (Å²) in [6.45, 7) is 0. The second-order valence-corrected chi connectivity index (χ2v) is 5.33. The first-order valence-corrected chi connectivity index (χ1v) is 6.47. The van der Waals surface area contributed by atoms with E-state index in [2.05, 4.69) is 4.74 Å². The molecule has 0 amide bonds. The summed E-state index contributed by atoms with van der Waals surface area (Å²) < 4.78 is 63.9. The minimum Gasteiger partial charge on any atom is -0.406 e. The van der Waals surface area contributed by atoms with Gasteiger partial charge < -0.3 is 4.74 Å². The van der Waals surface area contributed by atoms with E-state index in [1.165, 1.54) is 5.40 Å². The molecule has 0 radical (unpaired) electrons. The average Bonchev–Trinajstić information content (AvgIpc) is 2.25. The van der Waals surface area contributed by atoms with E-state index in [1.54, 1.807) is 0 Å². The molecule has 0 spiro atoms. The lowest BCUT2D eigenvalue weighted by Crippen LogP contribution is -2.18. The minimum atomic E-state index is -4.84. The van der Waals surface area contributed by atoms with Gasteiger partial charge in [-0.15, -0.1) is 17.3 Å². The molecule has 0 fully saturated rings. The molecule has 1 aromatic carbocycles. The van der Waals surface area contributed by atoms with E-state index >= 15 is 0 Å². The van der Waals surface area contributed by atoms with E-state index in [1.807, 2.05) is 4.13 Å². The molecule has 0 aliphatic heterocycles. The number of alkyl halides is 3. The summed E-state index contributed by atoms with van der Waals surface area (Å²) in [6, 6.07) is 3.58. The number of ether oxygens (including phenoxy) is 1. The number of benzene rings is 1. The topological polar surface area (TPSA) is 79.2 Å². The molecule has 0 saturated heterocycles. The lowest BCUT2D eigenvalue weighted by molar-refractivity contribution is -0.274. The van der Waals surface area contributed by atoms with Gasteiger partial charge in [-0.25, -0.2) is 8.42 Å². The average molecular weight is 298 g/mol. The Morgan fingerprint density at radius 2 is 1.83 bits per heavy atom. The Morgan fingerprint density at radius 3 is 2.28 bits per heavy atom. The normalized spacial score (nSPS) is 11.9. The summed E-state index contributed by atoms with van der Waals surface area (Å²) in [6.07, 6.45) is -4.84. The third kappa shape index (κ3) is 4.44. The van der Waals surface area contributed by atoms with Gasteiger partial charge in [0.25, 0.3) is 10.0 Å². The first-order valence-electron chi connectivity index (χ1n) is 4.17. The van der Waals surface area contributed by atoms with E-state index in [-0.39, 0.29) is 16.8 Å². The van der Waals surface area contributed by atoms with Crippen LogP contribution in [0.2, 0.25) is 0 Å². The number of nitriles is 1. The SMILES string of the molecule is N#CSNS(=O)(=O)c1ccc(OC(F)(F)F)cc1. The number of halogens is 3. The number of hydrogen-bond acceptors (Lipinski definition) is 5. The van der Waals surface area contributed by atoms with Gasteiger partial charge in [0.2, 0.25) is 0 Å². The molecule has 0 aliphatic rings. The third-order valence-electron chi connectivity index (χ3n) is 1.56. The standard InChI is InChI=1S/C8H5F3N2O3S2/c9-8(10,11)16-6-1-3-7(4-2-6)18(14,15)13-17-5-12/h1-4,13H. The Kier molecular flexibility index (Phi) is 4.44. The fourth-order valence-corrected chi connectivity index (χ4v) is 2.41. The van der Waals surface area contributed by atoms with E-state index in [0.29, 0.717) is 0 Å². The fraction of sp³-hybridized carbons (Fsp3) is 0.125. The maximum atomic E-state index is 11.9. The Balaban J connectivity index is 2.87. The number of rotatable bonds is 4. The van der Waals surface area contributed by atoms with Gasteiger partial charge in [-0.05, 0) is 24.3 Å². The predicted molar refractivity (Wildman–Crippen MR) is 56.7 cm³/mol. The molecule has 1 rings (SSSR count). The lowest BCUT2D eigenvalue weighted by Gasteiger charge is -2.09. The van der Waals surface area contributed by atoms with E-state index in [0.717, 1.165) is 24.3 Å². The van der Waals surface area contributed by atoms with Crippen LogP contribution in [0, 0.1) is 10.7 Å². The fourth-order valence-electron chi connectivity index (χ4n) is 0.942. The molecule has 0 saturated carbocycles. The molecule has 98 valence electrons. The van der Waals surface area contributed by atoms with Crippen LogP contribution < -0.4 is 8.86 Å². The van der Waals surface area contributed by atoms with Crippen LogP contribution in [-0.2, 0) is 10.0 Å². The van der Waals surface area contributed by atoms with Crippen LogP contribution in [0.5, 0.6) is 5.75 Å². The number of hydrogen-bond donors (Lipinski definition) is 1. The Hall–Kier alpha value is -1.44. The summed E-state index contributed by atoms with van der Waals surface area (Å²) in [7, 11) is -3.93. The van der Waals surface area contributed by atoms with Gasteiger partial charge in [-0.1, -0.05) is 0 Å². The molecule has 5 nitrogen and oxygen atoms in total. The molecule has 0 unspecified atom stereocenters. The second-order valence-electron chi connectivity index (χ2n) is 2.80. The Bertz CT molecular complexity index is 548. The summed E-state index contributed by atoms with van der Waals surface area (Å²) in [5.41, 5.74) is 0. The highest BCUT2D eigenvalue weighted by molar-refractivity contribution is 8.11. The maximum absolute atomic E-state index is 11.9. The van der Waals surface area contributed by atoms with Gasteiger partial charge in [0, 0.05) is 0 Å². The number of sulfonamides is 1. The van der Waals surface area contributed by atoms with Crippen molar-refractivity contribution >= 4 is 22.0 Å². The first kappa shape index (κ1) is 14.6. The predicted octanol–water partition coefficient (Wildman–Crippen LogP) is 1.99. The second kappa shape index (κ2) is 5.47. The van der Waals surface area contributed by atoms with Gasteiger partial charge in [0.1, 0.15) is 5.75 Å². The van der Waals surface area contributed by atoms with Crippen molar-refractivity contribution in [2.75, 3.05) is 0 Å². The van der Waals surface area contributed by atoms with Crippen molar-refractivity contribution in [3.63, 3.8) is 0 Å². The van der Waals surface area contributed by atoms with Crippen molar-refractivity contribution in [2.24, 2.45) is 0 Å². The zero-order chi connectivity index (χ0) is 13.8. The molecule has 0 aliphatic carbocycles. The van der Waals surface area contributed by atoms with Gasteiger partial charge in [-0.2, -0.15) is 5.26 Å². The molecule has 0 aromatic heterocycles. The monoisotopic (exact) mass is 298 g/mol. The molecule has 0 atom stereocenters. The van der Waals surface area contributed by atoms with Crippen LogP contribution in [0.3, 0.4) is 0 Å². The lowest BCUT2D eigenvalue weighted by atomic mass is 10.3. The molecule has 0 bridgehead atoms. The molecule has 18 heavy (non-hydrogen) atoms. The summed E-state index contributed by atoms with van der Waals surface area (Å²) in [5, 5.41) is 9.68. The van der Waals surface area contributed by atoms with Gasteiger partial charge in [-0.3, -0.25) is 0 Å². The Morgan fingerprint density at radius 1 is 1.28 bits per heavy atom. The van der Waals surface area contributed by atoms with Crippen molar-refractivity contribution in [3.05, 3.63) is 24.3 Å². The number of nitrogens with zero attached hydrogens (tertiary/aromatic N) is 1. The van der Waals surface area contributed by atoms with Crippen molar-refractivity contribution in [3.8, 4) is 11.2 Å². The maximum Gasteiger partial charge on any atom is 0.573 e. The highest BCUT2D eigenvalue weighted by atomic mass is 32.3. The highest BCUT2D eigenvalue weighted by Gasteiger charge is 2.31. The van der Waals surface area contributed by atoms with Crippen LogP contribution in [0.4, 0.5) is 13.2 Å². The molecular formula is C8H5F3N2O3S2. The van der Waals surface area contributed by atoms with Crippen LogP contribution in [0.1, 0.15) is 0 Å². The zero-order valence-corrected chi connectivity index (χ0v) is 10.1. The van der Waals surface area contributed by atoms with Crippen molar-refractivity contribution in [1.82, 2.24) is 4.13 Å². The number of nitrogens with one attached hydrogen (secondary N) is 1. The van der Waals surface area contributed by atoms with Gasteiger partial charge >= 0.3 is 6.36 Å². The molecule has 10 heteroatoms. The summed E-state index contributed by atoms with van der Waals surface area (Å²) >= 11 is 0.280. The molecule has 0 heterocycles. The molecule has 1 N–H and O–H groups in total. The quantitative estimate of drug-likeness (QED) is 0.679. The molecular weight excluding hydrogens is 293 g/mol. The summed E-state index contributed by atoms with van der Waals surface area (Å²) in [4.78, 5) is -0.278. The van der Waals surface area contributed by atoms with Crippen LogP contribution >= 0.6 is 11.9 Å². The summed E-state index contributed by atoms with van der Waals surface area (Å²) in [5.74, 6) is -0.533.